The standard InChI is InChI=1S/C18H33N7.HI/c1-5-19-17(22-15-16(4)23(6-2)7-3)24-11-13-25(14-12-24)18-20-9-8-10-21-18;/h8-10,16H,5-7,11-15H2,1-4H3,(H,19,22);1H. The van der Waals surface area contributed by atoms with Crippen molar-refractivity contribution in [3.63, 3.8) is 0 Å². The highest BCUT2D eigenvalue weighted by atomic mass is 127. The van der Waals surface area contributed by atoms with Crippen molar-refractivity contribution in [2.45, 2.75) is 33.7 Å². The first-order valence-electron chi connectivity index (χ1n) is 9.48. The van der Waals surface area contributed by atoms with Gasteiger partial charge in [0.25, 0.3) is 0 Å². The van der Waals surface area contributed by atoms with Crippen LogP contribution in [-0.2, 0) is 0 Å². The molecule has 0 saturated carbocycles. The summed E-state index contributed by atoms with van der Waals surface area (Å²) in [5, 5.41) is 3.44. The second-order valence-electron chi connectivity index (χ2n) is 6.29. The molecule has 1 N–H and O–H groups in total. The van der Waals surface area contributed by atoms with Crippen LogP contribution in [0.25, 0.3) is 0 Å². The van der Waals surface area contributed by atoms with Gasteiger partial charge in [-0.1, -0.05) is 13.8 Å². The molecule has 1 fully saturated rings. The second kappa shape index (κ2) is 12.3. The molecule has 1 atom stereocenters. The molecule has 1 aliphatic heterocycles. The SMILES string of the molecule is CCNC(=NCC(C)N(CC)CC)N1CCN(c2ncccn2)CC1.I. The number of nitrogens with one attached hydrogen (secondary N) is 1. The van der Waals surface area contributed by atoms with E-state index in [4.69, 9.17) is 4.99 Å². The van der Waals surface area contributed by atoms with Crippen LogP contribution in [0.2, 0.25) is 0 Å². The number of aliphatic imine (C=N–C) groups is 1. The number of hydrogen-bond donors (Lipinski definition) is 1. The minimum absolute atomic E-state index is 0. The van der Waals surface area contributed by atoms with E-state index in [1.54, 1.807) is 12.4 Å². The van der Waals surface area contributed by atoms with Gasteiger partial charge < -0.3 is 15.1 Å². The smallest absolute Gasteiger partial charge is 0.225 e. The molecule has 0 radical (unpaired) electrons. The number of likely N-dealkylation sites (N-methyl/N-ethyl adjacent to an activating group) is 1. The highest BCUT2D eigenvalue weighted by molar-refractivity contribution is 14.0. The molecule has 1 aromatic rings. The lowest BCUT2D eigenvalue weighted by atomic mass is 10.3. The predicted molar refractivity (Wildman–Crippen MR) is 120 cm³/mol. The summed E-state index contributed by atoms with van der Waals surface area (Å²) in [6, 6.07) is 2.31. The van der Waals surface area contributed by atoms with E-state index >= 15 is 0 Å². The number of anilines is 1. The molecule has 26 heavy (non-hydrogen) atoms. The lowest BCUT2D eigenvalue weighted by Gasteiger charge is -2.36. The van der Waals surface area contributed by atoms with Gasteiger partial charge in [-0.25, -0.2) is 9.97 Å². The normalized spacial score (nSPS) is 16.4. The van der Waals surface area contributed by atoms with Crippen molar-refractivity contribution in [2.75, 3.05) is 57.3 Å². The Morgan fingerprint density at radius 1 is 1.15 bits per heavy atom. The highest BCUT2D eigenvalue weighted by Gasteiger charge is 2.21. The Labute approximate surface area is 175 Å². The van der Waals surface area contributed by atoms with Crippen molar-refractivity contribution in [3.8, 4) is 0 Å². The Bertz CT molecular complexity index is 514. The zero-order valence-corrected chi connectivity index (χ0v) is 18.9. The lowest BCUT2D eigenvalue weighted by Crippen LogP contribution is -2.53. The second-order valence-corrected chi connectivity index (χ2v) is 6.29. The van der Waals surface area contributed by atoms with Crippen molar-refractivity contribution in [3.05, 3.63) is 18.5 Å². The number of guanidine groups is 1. The number of aromatic nitrogens is 2. The third-order valence-corrected chi connectivity index (χ3v) is 4.69. The van der Waals surface area contributed by atoms with Crippen molar-refractivity contribution < 1.29 is 0 Å². The largest absolute Gasteiger partial charge is 0.357 e. The van der Waals surface area contributed by atoms with Crippen LogP contribution in [0.4, 0.5) is 5.95 Å². The summed E-state index contributed by atoms with van der Waals surface area (Å²) >= 11 is 0. The highest BCUT2D eigenvalue weighted by Crippen LogP contribution is 2.10. The molecule has 1 aliphatic rings. The lowest BCUT2D eigenvalue weighted by molar-refractivity contribution is 0.236. The third kappa shape index (κ3) is 6.53. The van der Waals surface area contributed by atoms with Gasteiger partial charge in [-0.2, -0.15) is 0 Å². The predicted octanol–water partition coefficient (Wildman–Crippen LogP) is 1.91. The topological polar surface area (TPSA) is 59.9 Å². The molecule has 2 rings (SSSR count). The Morgan fingerprint density at radius 3 is 2.31 bits per heavy atom. The number of nitrogens with zero attached hydrogens (tertiary/aromatic N) is 6. The number of piperazine rings is 1. The Balaban J connectivity index is 0.00000338. The molecule has 148 valence electrons. The van der Waals surface area contributed by atoms with Gasteiger partial charge in [0.15, 0.2) is 5.96 Å². The van der Waals surface area contributed by atoms with Gasteiger partial charge in [0, 0.05) is 51.2 Å². The van der Waals surface area contributed by atoms with Crippen LogP contribution in [-0.4, -0.2) is 84.1 Å². The molecule has 7 nitrogen and oxygen atoms in total. The maximum atomic E-state index is 4.89. The summed E-state index contributed by atoms with van der Waals surface area (Å²) in [6.45, 7) is 16.3. The van der Waals surface area contributed by atoms with Gasteiger partial charge in [-0.3, -0.25) is 9.89 Å². The van der Waals surface area contributed by atoms with E-state index < -0.39 is 0 Å². The number of halogens is 1. The Morgan fingerprint density at radius 2 is 1.77 bits per heavy atom. The van der Waals surface area contributed by atoms with Crippen molar-refractivity contribution in [1.29, 1.82) is 0 Å². The first-order valence-corrected chi connectivity index (χ1v) is 9.48. The fraction of sp³-hybridized carbons (Fsp3) is 0.722. The average Bonchev–Trinajstić information content (AvgIpc) is 2.67. The summed E-state index contributed by atoms with van der Waals surface area (Å²) in [5.74, 6) is 1.84. The average molecular weight is 475 g/mol. The van der Waals surface area contributed by atoms with E-state index in [1.165, 1.54) is 0 Å². The molecule has 2 heterocycles. The summed E-state index contributed by atoms with van der Waals surface area (Å²) in [5.41, 5.74) is 0. The molecular weight excluding hydrogens is 441 g/mol. The molecule has 8 heteroatoms. The fourth-order valence-electron chi connectivity index (χ4n) is 3.18. The van der Waals surface area contributed by atoms with Gasteiger partial charge in [0.1, 0.15) is 0 Å². The van der Waals surface area contributed by atoms with Gasteiger partial charge in [0.2, 0.25) is 5.95 Å². The van der Waals surface area contributed by atoms with E-state index in [0.717, 1.165) is 64.3 Å². The molecule has 1 saturated heterocycles. The van der Waals surface area contributed by atoms with Crippen LogP contribution >= 0.6 is 24.0 Å². The van der Waals surface area contributed by atoms with E-state index in [-0.39, 0.29) is 24.0 Å². The summed E-state index contributed by atoms with van der Waals surface area (Å²) in [4.78, 5) is 20.6. The van der Waals surface area contributed by atoms with Gasteiger partial charge in [0.05, 0.1) is 6.54 Å². The van der Waals surface area contributed by atoms with E-state index in [1.807, 2.05) is 6.07 Å². The number of rotatable bonds is 7. The molecule has 0 aromatic carbocycles. The molecule has 0 aliphatic carbocycles. The summed E-state index contributed by atoms with van der Waals surface area (Å²) < 4.78 is 0. The minimum Gasteiger partial charge on any atom is -0.357 e. The monoisotopic (exact) mass is 475 g/mol. The van der Waals surface area contributed by atoms with E-state index in [9.17, 15) is 0 Å². The minimum atomic E-state index is 0. The summed E-state index contributed by atoms with van der Waals surface area (Å²) in [7, 11) is 0. The van der Waals surface area contributed by atoms with Gasteiger partial charge in [-0.15, -0.1) is 24.0 Å². The molecule has 0 bridgehead atoms. The van der Waals surface area contributed by atoms with Crippen molar-refractivity contribution in [1.82, 2.24) is 25.1 Å². The molecule has 1 aromatic heterocycles. The van der Waals surface area contributed by atoms with Crippen LogP contribution in [0.5, 0.6) is 0 Å². The third-order valence-electron chi connectivity index (χ3n) is 4.69. The van der Waals surface area contributed by atoms with Crippen molar-refractivity contribution >= 4 is 35.9 Å². The fourth-order valence-corrected chi connectivity index (χ4v) is 3.18. The van der Waals surface area contributed by atoms with Crippen LogP contribution in [0.1, 0.15) is 27.7 Å². The molecule has 1 unspecified atom stereocenters. The zero-order chi connectivity index (χ0) is 18.1. The maximum Gasteiger partial charge on any atom is 0.225 e. The quantitative estimate of drug-likeness (QED) is 0.370. The Hall–Kier alpha value is -1.16. The van der Waals surface area contributed by atoms with Crippen LogP contribution < -0.4 is 10.2 Å². The maximum absolute atomic E-state index is 4.89. The first kappa shape index (κ1) is 22.9. The van der Waals surface area contributed by atoms with E-state index in [0.29, 0.717) is 6.04 Å². The Kier molecular flexibility index (Phi) is 10.8. The van der Waals surface area contributed by atoms with Crippen LogP contribution in [0.15, 0.2) is 23.5 Å². The van der Waals surface area contributed by atoms with Crippen LogP contribution in [0.3, 0.4) is 0 Å². The molecule has 0 amide bonds. The zero-order valence-electron chi connectivity index (χ0n) is 16.6. The molecule has 0 spiro atoms. The number of hydrogen-bond acceptors (Lipinski definition) is 5. The van der Waals surface area contributed by atoms with Gasteiger partial charge >= 0.3 is 0 Å². The summed E-state index contributed by atoms with van der Waals surface area (Å²) in [6.07, 6.45) is 3.60. The van der Waals surface area contributed by atoms with Crippen molar-refractivity contribution in [2.24, 2.45) is 4.99 Å². The van der Waals surface area contributed by atoms with E-state index in [2.05, 4.69) is 57.7 Å². The molecular formula is C18H34IN7. The van der Waals surface area contributed by atoms with Crippen LogP contribution in [0, 0.1) is 0 Å². The first-order chi connectivity index (χ1) is 12.2. The van der Waals surface area contributed by atoms with Gasteiger partial charge in [-0.05, 0) is 33.0 Å².